The van der Waals surface area contributed by atoms with Crippen LogP contribution in [0.2, 0.25) is 0 Å². The summed E-state index contributed by atoms with van der Waals surface area (Å²) in [6, 6.07) is -0.0252. The molecule has 3 aliphatic heterocycles. The van der Waals surface area contributed by atoms with Gasteiger partial charge in [-0.15, -0.1) is 0 Å². The Labute approximate surface area is 168 Å². The third-order valence-electron chi connectivity index (χ3n) is 5.85. The van der Waals surface area contributed by atoms with E-state index in [2.05, 4.69) is 5.32 Å². The topological polar surface area (TPSA) is 77.1 Å². The van der Waals surface area contributed by atoms with Crippen molar-refractivity contribution >= 4 is 12.0 Å². The lowest BCUT2D eigenvalue weighted by Crippen LogP contribution is -2.53. The van der Waals surface area contributed by atoms with Gasteiger partial charge in [0.05, 0.1) is 24.7 Å². The molecule has 0 aromatic heterocycles. The van der Waals surface area contributed by atoms with Gasteiger partial charge in [0.15, 0.2) is 0 Å². The van der Waals surface area contributed by atoms with E-state index in [9.17, 15) is 9.59 Å². The van der Waals surface area contributed by atoms with Crippen molar-refractivity contribution in [3.63, 3.8) is 0 Å². The molecule has 7 nitrogen and oxygen atoms in total. The number of amides is 2. The van der Waals surface area contributed by atoms with Gasteiger partial charge in [-0.1, -0.05) is 0 Å². The summed E-state index contributed by atoms with van der Waals surface area (Å²) >= 11 is 0. The molecule has 0 aliphatic carbocycles. The van der Waals surface area contributed by atoms with Gasteiger partial charge in [0.1, 0.15) is 5.60 Å². The van der Waals surface area contributed by atoms with Crippen molar-refractivity contribution < 1.29 is 23.8 Å². The number of hydrogen-bond acceptors (Lipinski definition) is 5. The summed E-state index contributed by atoms with van der Waals surface area (Å²) < 4.78 is 17.1. The van der Waals surface area contributed by atoms with Crippen LogP contribution >= 0.6 is 0 Å². The van der Waals surface area contributed by atoms with E-state index >= 15 is 0 Å². The molecule has 1 N–H and O–H groups in total. The zero-order valence-electron chi connectivity index (χ0n) is 17.6. The van der Waals surface area contributed by atoms with Crippen molar-refractivity contribution in [3.05, 3.63) is 0 Å². The molecular weight excluding hydrogens is 360 g/mol. The van der Waals surface area contributed by atoms with Crippen molar-refractivity contribution in [2.24, 2.45) is 5.92 Å². The van der Waals surface area contributed by atoms with E-state index in [1.807, 2.05) is 25.7 Å². The van der Waals surface area contributed by atoms with Crippen LogP contribution in [0, 0.1) is 5.92 Å². The standard InChI is InChI=1S/C21H36N2O5/c1-21(2,3)28-20(25)22-17-7-5-13-27-19(17)15-8-10-23(11-9-15)18(24)14-16-6-4-12-26-16/h15-17,19H,4-14H2,1-3H3,(H,22,25). The summed E-state index contributed by atoms with van der Waals surface area (Å²) in [6.45, 7) is 8.63. The number of likely N-dealkylation sites (tertiary alicyclic amines) is 1. The zero-order chi connectivity index (χ0) is 20.1. The summed E-state index contributed by atoms with van der Waals surface area (Å²) in [5.41, 5.74) is -0.510. The molecule has 160 valence electrons. The minimum absolute atomic E-state index is 0.00307. The van der Waals surface area contributed by atoms with Gasteiger partial charge >= 0.3 is 6.09 Å². The first kappa shape index (κ1) is 21.4. The van der Waals surface area contributed by atoms with Crippen LogP contribution in [0.5, 0.6) is 0 Å². The molecule has 0 aromatic rings. The molecule has 3 aliphatic rings. The average molecular weight is 397 g/mol. The molecule has 3 heterocycles. The number of carbonyl (C=O) groups is 2. The molecule has 2 amide bonds. The largest absolute Gasteiger partial charge is 0.444 e. The molecule has 3 fully saturated rings. The van der Waals surface area contributed by atoms with Gasteiger partial charge < -0.3 is 24.4 Å². The zero-order valence-corrected chi connectivity index (χ0v) is 17.6. The maximum atomic E-state index is 12.5. The van der Waals surface area contributed by atoms with Crippen LogP contribution in [-0.4, -0.2) is 67.1 Å². The van der Waals surface area contributed by atoms with Crippen LogP contribution in [0.4, 0.5) is 4.79 Å². The second-order valence-corrected chi connectivity index (χ2v) is 9.29. The lowest BCUT2D eigenvalue weighted by molar-refractivity contribution is -0.136. The molecule has 0 spiro atoms. The van der Waals surface area contributed by atoms with E-state index in [4.69, 9.17) is 14.2 Å². The third kappa shape index (κ3) is 6.08. The molecule has 0 saturated carbocycles. The number of piperidine rings is 1. The Balaban J connectivity index is 1.48. The van der Waals surface area contributed by atoms with Crippen LogP contribution in [0.1, 0.15) is 65.7 Å². The second-order valence-electron chi connectivity index (χ2n) is 9.29. The number of rotatable bonds is 4. The maximum absolute atomic E-state index is 12.5. The lowest BCUT2D eigenvalue weighted by atomic mass is 9.84. The van der Waals surface area contributed by atoms with Gasteiger partial charge in [0.2, 0.25) is 5.91 Å². The first-order valence-corrected chi connectivity index (χ1v) is 10.8. The Bertz CT molecular complexity index is 533. The molecular formula is C21H36N2O5. The summed E-state index contributed by atoms with van der Waals surface area (Å²) in [4.78, 5) is 26.7. The Hall–Kier alpha value is -1.34. The van der Waals surface area contributed by atoms with E-state index in [0.29, 0.717) is 12.3 Å². The van der Waals surface area contributed by atoms with Gasteiger partial charge in [-0.2, -0.15) is 0 Å². The van der Waals surface area contributed by atoms with Crippen LogP contribution in [-0.2, 0) is 19.0 Å². The first-order chi connectivity index (χ1) is 13.3. The quantitative estimate of drug-likeness (QED) is 0.791. The number of alkyl carbamates (subject to hydrolysis) is 1. The summed E-state index contributed by atoms with van der Waals surface area (Å²) in [5, 5.41) is 3.02. The molecule has 28 heavy (non-hydrogen) atoms. The van der Waals surface area contributed by atoms with Gasteiger partial charge in [0.25, 0.3) is 0 Å². The molecule has 0 aromatic carbocycles. The van der Waals surface area contributed by atoms with Gasteiger partial charge in [-0.05, 0) is 65.2 Å². The summed E-state index contributed by atoms with van der Waals surface area (Å²) in [7, 11) is 0. The van der Waals surface area contributed by atoms with E-state index in [-0.39, 0.29) is 30.3 Å². The average Bonchev–Trinajstić information content (AvgIpc) is 3.14. The molecule has 0 radical (unpaired) electrons. The minimum Gasteiger partial charge on any atom is -0.444 e. The summed E-state index contributed by atoms with van der Waals surface area (Å²) in [5.74, 6) is 0.561. The smallest absolute Gasteiger partial charge is 0.407 e. The van der Waals surface area contributed by atoms with Crippen LogP contribution < -0.4 is 5.32 Å². The molecule has 7 heteroatoms. The van der Waals surface area contributed by atoms with Crippen molar-refractivity contribution in [1.29, 1.82) is 0 Å². The number of nitrogens with one attached hydrogen (secondary N) is 1. The first-order valence-electron chi connectivity index (χ1n) is 10.8. The Morgan fingerprint density at radius 1 is 1.04 bits per heavy atom. The molecule has 3 saturated heterocycles. The van der Waals surface area contributed by atoms with Gasteiger partial charge in [0, 0.05) is 26.3 Å². The second kappa shape index (κ2) is 9.44. The van der Waals surface area contributed by atoms with Crippen LogP contribution in [0.25, 0.3) is 0 Å². The predicted molar refractivity (Wildman–Crippen MR) is 105 cm³/mol. The Morgan fingerprint density at radius 3 is 2.36 bits per heavy atom. The van der Waals surface area contributed by atoms with Gasteiger partial charge in [-0.3, -0.25) is 4.79 Å². The molecule has 3 atom stereocenters. The highest BCUT2D eigenvalue weighted by molar-refractivity contribution is 5.76. The SMILES string of the molecule is CC(C)(C)OC(=O)NC1CCCOC1C1CCN(C(=O)CC2CCCO2)CC1. The Morgan fingerprint density at radius 2 is 1.71 bits per heavy atom. The number of ether oxygens (including phenoxy) is 3. The summed E-state index contributed by atoms with van der Waals surface area (Å²) in [6.07, 6.45) is 5.96. The third-order valence-corrected chi connectivity index (χ3v) is 5.85. The highest BCUT2D eigenvalue weighted by Gasteiger charge is 2.37. The van der Waals surface area contributed by atoms with Crippen LogP contribution in [0.15, 0.2) is 0 Å². The fourth-order valence-corrected chi connectivity index (χ4v) is 4.49. The van der Waals surface area contributed by atoms with E-state index in [1.54, 1.807) is 0 Å². The number of hydrogen-bond donors (Lipinski definition) is 1. The van der Waals surface area contributed by atoms with Crippen molar-refractivity contribution in [3.8, 4) is 0 Å². The highest BCUT2D eigenvalue weighted by Crippen LogP contribution is 2.30. The monoisotopic (exact) mass is 396 g/mol. The van der Waals surface area contributed by atoms with E-state index < -0.39 is 5.60 Å². The minimum atomic E-state index is -0.510. The molecule has 3 rings (SSSR count). The van der Waals surface area contributed by atoms with Crippen molar-refractivity contribution in [2.75, 3.05) is 26.3 Å². The fraction of sp³-hybridized carbons (Fsp3) is 0.905. The number of carbonyl (C=O) groups excluding carboxylic acids is 2. The molecule has 3 unspecified atom stereocenters. The van der Waals surface area contributed by atoms with E-state index in [1.165, 1.54) is 0 Å². The predicted octanol–water partition coefficient (Wildman–Crippen LogP) is 2.87. The molecule has 0 bridgehead atoms. The lowest BCUT2D eigenvalue weighted by Gasteiger charge is -2.41. The van der Waals surface area contributed by atoms with Gasteiger partial charge in [-0.25, -0.2) is 4.79 Å². The van der Waals surface area contributed by atoms with Crippen LogP contribution in [0.3, 0.4) is 0 Å². The van der Waals surface area contributed by atoms with E-state index in [0.717, 1.165) is 64.8 Å². The number of nitrogens with zero attached hydrogens (tertiary/aromatic N) is 1. The normalized spacial score (nSPS) is 29.5. The Kier molecular flexibility index (Phi) is 7.20. The fourth-order valence-electron chi connectivity index (χ4n) is 4.49. The van der Waals surface area contributed by atoms with Crippen molar-refractivity contribution in [1.82, 2.24) is 10.2 Å². The highest BCUT2D eigenvalue weighted by atomic mass is 16.6. The van der Waals surface area contributed by atoms with Crippen molar-refractivity contribution in [2.45, 2.75) is 89.6 Å². The maximum Gasteiger partial charge on any atom is 0.407 e.